The number of esters is 1. The quantitative estimate of drug-likeness (QED) is 0.319. The van der Waals surface area contributed by atoms with Gasteiger partial charge >= 0.3 is 5.97 Å². The van der Waals surface area contributed by atoms with Gasteiger partial charge in [0.25, 0.3) is 0 Å². The van der Waals surface area contributed by atoms with Crippen LogP contribution >= 0.6 is 0 Å². The van der Waals surface area contributed by atoms with Gasteiger partial charge in [-0.05, 0) is 20.3 Å². The molecule has 0 unspecified atom stereocenters. The van der Waals surface area contributed by atoms with Gasteiger partial charge in [0.1, 0.15) is 5.76 Å². The maximum Gasteiger partial charge on any atom is 0.337 e. The molecule has 0 aliphatic heterocycles. The normalized spacial score (nSPS) is 13.0. The van der Waals surface area contributed by atoms with Gasteiger partial charge in [-0.25, -0.2) is 4.79 Å². The summed E-state index contributed by atoms with van der Waals surface area (Å²) in [7, 11) is 1.46. The molecule has 0 aromatic rings. The third-order valence-corrected chi connectivity index (χ3v) is 3.01. The lowest BCUT2D eigenvalue weighted by atomic mass is 9.88. The third-order valence-electron chi connectivity index (χ3n) is 3.01. The van der Waals surface area contributed by atoms with Crippen molar-refractivity contribution in [2.75, 3.05) is 33.5 Å². The van der Waals surface area contributed by atoms with Gasteiger partial charge in [0, 0.05) is 5.41 Å². The Morgan fingerprint density at radius 2 is 1.61 bits per heavy atom. The summed E-state index contributed by atoms with van der Waals surface area (Å²) in [4.78, 5) is 11.5. The van der Waals surface area contributed by atoms with Crippen LogP contribution in [0.15, 0.2) is 11.3 Å². The van der Waals surface area contributed by atoms with Crippen molar-refractivity contribution in [3.05, 3.63) is 11.3 Å². The minimum absolute atomic E-state index is 0.00878. The number of aliphatic hydroxyl groups excluding tert-OH is 3. The molecule has 6 nitrogen and oxygen atoms in total. The second-order valence-corrected chi connectivity index (χ2v) is 4.25. The minimum Gasteiger partial charge on any atom is -0.501 e. The summed E-state index contributed by atoms with van der Waals surface area (Å²) in [6, 6.07) is 0. The van der Waals surface area contributed by atoms with Gasteiger partial charge in [-0.15, -0.1) is 0 Å². The largest absolute Gasteiger partial charge is 0.501 e. The van der Waals surface area contributed by atoms with Crippen molar-refractivity contribution in [3.63, 3.8) is 0 Å². The summed E-state index contributed by atoms with van der Waals surface area (Å²) in [5.41, 5.74) is -0.658. The molecule has 6 heteroatoms. The zero-order valence-electron chi connectivity index (χ0n) is 11.1. The molecule has 0 aliphatic carbocycles. The Balaban J connectivity index is 4.31. The first kappa shape index (κ1) is 16.9. The number of hydrogen-bond donors (Lipinski definition) is 3. The van der Waals surface area contributed by atoms with Crippen LogP contribution in [0.2, 0.25) is 0 Å². The summed E-state index contributed by atoms with van der Waals surface area (Å²) >= 11 is 0. The van der Waals surface area contributed by atoms with Crippen molar-refractivity contribution in [1.82, 2.24) is 0 Å². The zero-order chi connectivity index (χ0) is 14.2. The molecular weight excluding hydrogens is 240 g/mol. The molecule has 0 bridgehead atoms. The highest BCUT2D eigenvalue weighted by atomic mass is 16.5. The Labute approximate surface area is 107 Å². The van der Waals surface area contributed by atoms with E-state index >= 15 is 0 Å². The number of aliphatic hydroxyl groups is 3. The molecule has 0 aromatic heterocycles. The van der Waals surface area contributed by atoms with Crippen LogP contribution in [0.5, 0.6) is 0 Å². The number of ether oxygens (including phenoxy) is 2. The Bertz CT molecular complexity index is 285. The molecule has 0 aliphatic rings. The van der Waals surface area contributed by atoms with E-state index in [0.717, 1.165) is 0 Å². The fraction of sp³-hybridized carbons (Fsp3) is 0.750. The van der Waals surface area contributed by atoms with Crippen LogP contribution in [0.3, 0.4) is 0 Å². The Kier molecular flexibility index (Phi) is 7.58. The summed E-state index contributed by atoms with van der Waals surface area (Å²) in [5, 5.41) is 27.3. The lowest BCUT2D eigenvalue weighted by molar-refractivity contribution is -0.141. The Hall–Kier alpha value is -1.11. The first-order valence-corrected chi connectivity index (χ1v) is 5.67. The van der Waals surface area contributed by atoms with E-state index in [9.17, 15) is 4.79 Å². The standard InChI is InChI=1S/C12H22O6/c1-9(10(2)17-3)11(16)18-5-4-12(6-13,7-14)8-15/h13-15H,4-8H2,1-3H3. The third kappa shape index (κ3) is 4.64. The molecule has 0 spiro atoms. The molecule has 0 saturated carbocycles. The van der Waals surface area contributed by atoms with E-state index in [1.54, 1.807) is 13.8 Å². The lowest BCUT2D eigenvalue weighted by Gasteiger charge is -2.26. The van der Waals surface area contributed by atoms with Gasteiger partial charge in [-0.1, -0.05) is 0 Å². The molecule has 0 radical (unpaired) electrons. The molecule has 0 aromatic carbocycles. The first-order valence-electron chi connectivity index (χ1n) is 5.67. The van der Waals surface area contributed by atoms with Crippen LogP contribution in [0.4, 0.5) is 0 Å². The molecular formula is C12H22O6. The van der Waals surface area contributed by atoms with Crippen molar-refractivity contribution >= 4 is 5.97 Å². The number of carbonyl (C=O) groups excluding carboxylic acids is 1. The second-order valence-electron chi connectivity index (χ2n) is 4.25. The van der Waals surface area contributed by atoms with Crippen LogP contribution in [0, 0.1) is 5.41 Å². The molecule has 3 N–H and O–H groups in total. The van der Waals surface area contributed by atoms with E-state index < -0.39 is 11.4 Å². The average Bonchev–Trinajstić information content (AvgIpc) is 2.42. The molecule has 106 valence electrons. The van der Waals surface area contributed by atoms with Gasteiger partial charge in [-0.2, -0.15) is 0 Å². The van der Waals surface area contributed by atoms with Gasteiger partial charge in [0.15, 0.2) is 0 Å². The van der Waals surface area contributed by atoms with Crippen molar-refractivity contribution < 1.29 is 29.6 Å². The van der Waals surface area contributed by atoms with Crippen molar-refractivity contribution in [2.24, 2.45) is 5.41 Å². The second kappa shape index (κ2) is 8.07. The monoisotopic (exact) mass is 262 g/mol. The molecule has 0 rings (SSSR count). The highest BCUT2D eigenvalue weighted by Gasteiger charge is 2.28. The van der Waals surface area contributed by atoms with E-state index in [0.29, 0.717) is 11.3 Å². The van der Waals surface area contributed by atoms with Gasteiger partial charge in [-0.3, -0.25) is 0 Å². The van der Waals surface area contributed by atoms with E-state index in [-0.39, 0.29) is 32.8 Å². The summed E-state index contributed by atoms with van der Waals surface area (Å²) < 4.78 is 9.88. The zero-order valence-corrected chi connectivity index (χ0v) is 11.1. The van der Waals surface area contributed by atoms with Crippen molar-refractivity contribution in [3.8, 4) is 0 Å². The maximum absolute atomic E-state index is 11.5. The number of hydrogen-bond acceptors (Lipinski definition) is 6. The number of methoxy groups -OCH3 is 1. The van der Waals surface area contributed by atoms with Gasteiger partial charge in [0.2, 0.25) is 0 Å². The van der Waals surface area contributed by atoms with Crippen LogP contribution in [0.1, 0.15) is 20.3 Å². The van der Waals surface area contributed by atoms with E-state index in [2.05, 4.69) is 0 Å². The van der Waals surface area contributed by atoms with Crippen LogP contribution in [-0.4, -0.2) is 54.8 Å². The van der Waals surface area contributed by atoms with Gasteiger partial charge in [0.05, 0.1) is 39.1 Å². The minimum atomic E-state index is -1.02. The van der Waals surface area contributed by atoms with Gasteiger partial charge < -0.3 is 24.8 Å². The number of allylic oxidation sites excluding steroid dienone is 1. The predicted octanol–water partition coefficient (Wildman–Crippen LogP) is -0.177. The topological polar surface area (TPSA) is 96.2 Å². The molecule has 0 amide bonds. The molecule has 0 atom stereocenters. The van der Waals surface area contributed by atoms with Crippen molar-refractivity contribution in [1.29, 1.82) is 0 Å². The average molecular weight is 262 g/mol. The van der Waals surface area contributed by atoms with Crippen LogP contribution in [-0.2, 0) is 14.3 Å². The SMILES string of the molecule is COC(C)=C(C)C(=O)OCCC(CO)(CO)CO. The van der Waals surface area contributed by atoms with E-state index in [1.807, 2.05) is 0 Å². The van der Waals surface area contributed by atoms with E-state index in [1.165, 1.54) is 7.11 Å². The van der Waals surface area contributed by atoms with Crippen molar-refractivity contribution in [2.45, 2.75) is 20.3 Å². The summed E-state index contributed by atoms with van der Waals surface area (Å²) in [6.07, 6.45) is 0.182. The summed E-state index contributed by atoms with van der Waals surface area (Å²) in [5.74, 6) is -0.0465. The summed E-state index contributed by atoms with van der Waals surface area (Å²) in [6.45, 7) is 2.12. The number of carbonyl (C=O) groups is 1. The molecule has 18 heavy (non-hydrogen) atoms. The Morgan fingerprint density at radius 3 is 2.00 bits per heavy atom. The smallest absolute Gasteiger partial charge is 0.337 e. The highest BCUT2D eigenvalue weighted by molar-refractivity contribution is 5.88. The lowest BCUT2D eigenvalue weighted by Crippen LogP contribution is -2.35. The predicted molar refractivity (Wildman–Crippen MR) is 64.6 cm³/mol. The fourth-order valence-corrected chi connectivity index (χ4v) is 1.15. The van der Waals surface area contributed by atoms with E-state index in [4.69, 9.17) is 24.8 Å². The number of rotatable bonds is 8. The van der Waals surface area contributed by atoms with Crippen LogP contribution < -0.4 is 0 Å². The molecule has 0 saturated heterocycles. The highest BCUT2D eigenvalue weighted by Crippen LogP contribution is 2.20. The maximum atomic E-state index is 11.5. The Morgan fingerprint density at radius 1 is 1.11 bits per heavy atom. The van der Waals surface area contributed by atoms with Crippen LogP contribution in [0.25, 0.3) is 0 Å². The molecule has 0 heterocycles. The fourth-order valence-electron chi connectivity index (χ4n) is 1.15. The molecule has 0 fully saturated rings. The first-order chi connectivity index (χ1) is 8.46.